The van der Waals surface area contributed by atoms with Crippen molar-refractivity contribution in [2.24, 2.45) is 5.73 Å². The molecule has 0 aliphatic heterocycles. The molecule has 7 heteroatoms. The van der Waals surface area contributed by atoms with Crippen molar-refractivity contribution in [2.75, 3.05) is 5.73 Å². The second kappa shape index (κ2) is 6.39. The molecule has 0 unspecified atom stereocenters. The van der Waals surface area contributed by atoms with Gasteiger partial charge in [-0.05, 0) is 12.1 Å². The van der Waals surface area contributed by atoms with E-state index in [9.17, 15) is 4.79 Å². The van der Waals surface area contributed by atoms with Gasteiger partial charge in [0.1, 0.15) is 16.7 Å². The molecule has 0 spiro atoms. The van der Waals surface area contributed by atoms with E-state index in [4.69, 9.17) is 23.1 Å². The molecule has 0 aliphatic rings. The van der Waals surface area contributed by atoms with Gasteiger partial charge in [-0.25, -0.2) is 9.97 Å². The van der Waals surface area contributed by atoms with Crippen LogP contribution in [0.3, 0.4) is 0 Å². The number of hydrogen-bond donors (Lipinski definition) is 2. The Morgan fingerprint density at radius 3 is 2.41 bits per heavy atom. The van der Waals surface area contributed by atoms with Gasteiger partial charge in [0.25, 0.3) is 5.91 Å². The summed E-state index contributed by atoms with van der Waals surface area (Å²) in [6.45, 7) is 0. The van der Waals surface area contributed by atoms with Gasteiger partial charge < -0.3 is 11.5 Å². The molecule has 0 aliphatic carbocycles. The number of nitrogens with zero attached hydrogens (tertiary/aromatic N) is 3. The van der Waals surface area contributed by atoms with E-state index in [1.807, 2.05) is 12.1 Å². The maximum atomic E-state index is 10.4. The number of pyridine rings is 1. The van der Waals surface area contributed by atoms with Crippen molar-refractivity contribution in [1.29, 1.82) is 0 Å². The van der Waals surface area contributed by atoms with Gasteiger partial charge in [-0.1, -0.05) is 17.7 Å². The van der Waals surface area contributed by atoms with Gasteiger partial charge in [0.2, 0.25) is 0 Å². The van der Waals surface area contributed by atoms with Crippen LogP contribution in [0, 0.1) is 0 Å². The Kier molecular flexibility index (Phi) is 4.83. The van der Waals surface area contributed by atoms with Crippen LogP contribution in [0.4, 0.5) is 5.82 Å². The number of aromatic nitrogens is 3. The number of halogens is 1. The van der Waals surface area contributed by atoms with Crippen molar-refractivity contribution < 1.29 is 4.79 Å². The maximum Gasteiger partial charge on any atom is 0.268 e. The van der Waals surface area contributed by atoms with Crippen LogP contribution < -0.4 is 11.5 Å². The predicted octanol–water partition coefficient (Wildman–Crippen LogP) is 0.893. The van der Waals surface area contributed by atoms with Gasteiger partial charge in [0.05, 0.1) is 12.4 Å². The fourth-order valence-corrected chi connectivity index (χ4v) is 0.984. The van der Waals surface area contributed by atoms with Crippen molar-refractivity contribution in [3.05, 3.63) is 47.6 Å². The quantitative estimate of drug-likeness (QED) is 0.783. The topological polar surface area (TPSA) is 108 Å². The average Bonchev–Trinajstić information content (AvgIpc) is 2.31. The van der Waals surface area contributed by atoms with Gasteiger partial charge in [0, 0.05) is 6.20 Å². The lowest BCUT2D eigenvalue weighted by Crippen LogP contribution is -2.13. The Hall–Kier alpha value is -2.21. The smallest absolute Gasteiger partial charge is 0.268 e. The summed E-state index contributed by atoms with van der Waals surface area (Å²) in [5.74, 6) is -0.0579. The number of anilines is 1. The molecule has 6 nitrogen and oxygen atoms in total. The first-order valence-corrected chi connectivity index (χ1v) is 4.91. The fourth-order valence-electron chi connectivity index (χ4n) is 0.837. The van der Waals surface area contributed by atoms with Crippen LogP contribution >= 0.6 is 11.6 Å². The zero-order valence-corrected chi connectivity index (χ0v) is 9.50. The van der Waals surface area contributed by atoms with E-state index in [1.165, 1.54) is 12.4 Å². The fraction of sp³-hybridized carbons (Fsp3) is 0. The molecule has 1 amide bonds. The average molecular weight is 252 g/mol. The number of rotatable bonds is 1. The molecular weight excluding hydrogens is 242 g/mol. The molecule has 88 valence electrons. The Morgan fingerprint density at radius 2 is 2.06 bits per heavy atom. The summed E-state index contributed by atoms with van der Waals surface area (Å²) in [5, 5.41) is 0.163. The molecule has 0 saturated heterocycles. The second-order valence-corrected chi connectivity index (χ2v) is 3.23. The van der Waals surface area contributed by atoms with Gasteiger partial charge >= 0.3 is 0 Å². The summed E-state index contributed by atoms with van der Waals surface area (Å²) < 4.78 is 0. The Labute approximate surface area is 103 Å². The van der Waals surface area contributed by atoms with E-state index in [2.05, 4.69) is 15.0 Å². The Bertz CT molecular complexity index is 491. The van der Waals surface area contributed by atoms with Crippen LogP contribution in [0.25, 0.3) is 0 Å². The van der Waals surface area contributed by atoms with Crippen LogP contribution in [-0.4, -0.2) is 20.9 Å². The highest BCUT2D eigenvalue weighted by atomic mass is 35.5. The van der Waals surface area contributed by atoms with E-state index < -0.39 is 5.91 Å². The molecule has 0 saturated carbocycles. The first-order valence-electron chi connectivity index (χ1n) is 4.53. The predicted molar refractivity (Wildman–Crippen MR) is 64.2 cm³/mol. The van der Waals surface area contributed by atoms with Crippen LogP contribution in [0.5, 0.6) is 0 Å². The zero-order chi connectivity index (χ0) is 12.7. The third-order valence-corrected chi connectivity index (χ3v) is 1.73. The molecule has 17 heavy (non-hydrogen) atoms. The van der Waals surface area contributed by atoms with Crippen molar-refractivity contribution in [3.8, 4) is 0 Å². The SMILES string of the molecule is NC(=O)c1cncc(Cl)n1.Nc1ccccn1. The van der Waals surface area contributed by atoms with E-state index in [-0.39, 0.29) is 10.8 Å². The monoisotopic (exact) mass is 251 g/mol. The molecule has 0 fully saturated rings. The van der Waals surface area contributed by atoms with Crippen molar-refractivity contribution in [3.63, 3.8) is 0 Å². The lowest BCUT2D eigenvalue weighted by Gasteiger charge is -1.91. The molecule has 0 atom stereocenters. The lowest BCUT2D eigenvalue weighted by atomic mass is 10.4. The standard InChI is InChI=1S/C5H4ClN3O.C5H6N2/c6-4-2-8-1-3(9-4)5(7)10;6-5-3-1-2-4-7-5/h1-2H,(H2,7,10);1-4H,(H2,6,7). The summed E-state index contributed by atoms with van der Waals surface area (Å²) in [6, 6.07) is 5.43. The largest absolute Gasteiger partial charge is 0.384 e. The van der Waals surface area contributed by atoms with Crippen molar-refractivity contribution >= 4 is 23.3 Å². The van der Waals surface area contributed by atoms with Crippen molar-refractivity contribution in [1.82, 2.24) is 15.0 Å². The number of amides is 1. The lowest BCUT2D eigenvalue weighted by molar-refractivity contribution is 0.0995. The molecule has 2 aromatic heterocycles. The van der Waals surface area contributed by atoms with Gasteiger partial charge in [-0.3, -0.25) is 9.78 Å². The normalized spacial score (nSPS) is 9.00. The summed E-state index contributed by atoms with van der Waals surface area (Å²) in [4.78, 5) is 21.4. The van der Waals surface area contributed by atoms with E-state index in [1.54, 1.807) is 12.3 Å². The molecule has 2 aromatic rings. The minimum absolute atomic E-state index is 0.0764. The van der Waals surface area contributed by atoms with E-state index >= 15 is 0 Å². The first kappa shape index (κ1) is 12.9. The number of nitrogen functional groups attached to an aromatic ring is 1. The summed E-state index contributed by atoms with van der Waals surface area (Å²) in [5.41, 5.74) is 10.2. The number of nitrogens with two attached hydrogens (primary N) is 2. The van der Waals surface area contributed by atoms with Crippen LogP contribution in [0.1, 0.15) is 10.5 Å². The number of carbonyl (C=O) groups excluding carboxylic acids is 1. The molecule has 4 N–H and O–H groups in total. The third-order valence-electron chi connectivity index (χ3n) is 1.55. The van der Waals surface area contributed by atoms with E-state index in [0.717, 1.165) is 0 Å². The van der Waals surface area contributed by atoms with Crippen molar-refractivity contribution in [2.45, 2.75) is 0 Å². The molecule has 2 heterocycles. The molecule has 2 rings (SSSR count). The van der Waals surface area contributed by atoms with Gasteiger partial charge in [-0.2, -0.15) is 0 Å². The minimum Gasteiger partial charge on any atom is -0.384 e. The van der Waals surface area contributed by atoms with Gasteiger partial charge in [0.15, 0.2) is 0 Å². The molecule has 0 bridgehead atoms. The minimum atomic E-state index is -0.630. The number of primary amides is 1. The maximum absolute atomic E-state index is 10.4. The summed E-state index contributed by atoms with van der Waals surface area (Å²) in [7, 11) is 0. The molecular formula is C10H10ClN5O. The summed E-state index contributed by atoms with van der Waals surface area (Å²) >= 11 is 5.41. The highest BCUT2D eigenvalue weighted by Crippen LogP contribution is 2.00. The third kappa shape index (κ3) is 4.89. The van der Waals surface area contributed by atoms with Crippen LogP contribution in [0.15, 0.2) is 36.8 Å². The summed E-state index contributed by atoms with van der Waals surface area (Å²) in [6.07, 6.45) is 4.25. The van der Waals surface area contributed by atoms with Crippen LogP contribution in [0.2, 0.25) is 5.15 Å². The number of carbonyl (C=O) groups is 1. The highest BCUT2D eigenvalue weighted by Gasteiger charge is 2.01. The zero-order valence-electron chi connectivity index (χ0n) is 8.75. The number of hydrogen-bond acceptors (Lipinski definition) is 5. The molecule has 0 radical (unpaired) electrons. The van der Waals surface area contributed by atoms with Gasteiger partial charge in [-0.15, -0.1) is 0 Å². The van der Waals surface area contributed by atoms with E-state index in [0.29, 0.717) is 5.82 Å². The van der Waals surface area contributed by atoms with Crippen LogP contribution in [-0.2, 0) is 0 Å². The highest BCUT2D eigenvalue weighted by molar-refractivity contribution is 6.29. The molecule has 0 aromatic carbocycles. The Balaban J connectivity index is 0.000000181. The first-order chi connectivity index (χ1) is 8.09. The second-order valence-electron chi connectivity index (χ2n) is 2.85. The Morgan fingerprint density at radius 1 is 1.29 bits per heavy atom.